The number of methoxy groups -OCH3 is 1. The molecule has 1 N–H and O–H groups in total. The number of hydrogen-bond donors (Lipinski definition) is 1. The fourth-order valence-corrected chi connectivity index (χ4v) is 3.85. The zero-order valence-electron chi connectivity index (χ0n) is 18.2. The van der Waals surface area contributed by atoms with Crippen molar-refractivity contribution >= 4 is 27.5 Å². The third kappa shape index (κ3) is 5.78. The average Bonchev–Trinajstić information content (AvgIpc) is 3.15. The van der Waals surface area contributed by atoms with Crippen LogP contribution in [-0.2, 0) is 16.1 Å². The molecule has 160 valence electrons. The lowest BCUT2D eigenvalue weighted by atomic mass is 10.1. The molecule has 2 aromatic carbocycles. The monoisotopic (exact) mass is 427 g/mol. The van der Waals surface area contributed by atoms with Crippen LogP contribution in [0.5, 0.6) is 5.75 Å². The topological polar surface area (TPSA) is 63.7 Å². The van der Waals surface area contributed by atoms with Crippen molar-refractivity contribution in [2.75, 3.05) is 34.4 Å². The number of benzene rings is 2. The lowest BCUT2D eigenvalue weighted by Gasteiger charge is -2.23. The summed E-state index contributed by atoms with van der Waals surface area (Å²) in [5.74, 6) is 0.529. The molecule has 3 rings (SSSR count). The maximum Gasteiger partial charge on any atom is 0.258 e. The highest BCUT2D eigenvalue weighted by Crippen LogP contribution is 2.33. The molecule has 30 heavy (non-hydrogen) atoms. The third-order valence-electron chi connectivity index (χ3n) is 4.71. The first kappa shape index (κ1) is 22.2. The summed E-state index contributed by atoms with van der Waals surface area (Å²) in [5, 5.41) is 3.82. The predicted molar refractivity (Wildman–Crippen MR) is 122 cm³/mol. The van der Waals surface area contributed by atoms with E-state index in [1.807, 2.05) is 58.3 Å². The van der Waals surface area contributed by atoms with E-state index in [0.717, 1.165) is 26.4 Å². The molecule has 0 spiro atoms. The van der Waals surface area contributed by atoms with Crippen LogP contribution in [0, 0.1) is 0 Å². The van der Waals surface area contributed by atoms with Gasteiger partial charge in [0, 0.05) is 31.3 Å². The quantitative estimate of drug-likeness (QED) is 0.560. The second-order valence-electron chi connectivity index (χ2n) is 8.08. The van der Waals surface area contributed by atoms with Gasteiger partial charge in [-0.1, -0.05) is 12.1 Å². The smallest absolute Gasteiger partial charge is 0.258 e. The number of nitrogens with zero attached hydrogens (tertiary/aromatic N) is 2. The van der Waals surface area contributed by atoms with Crippen molar-refractivity contribution in [2.45, 2.75) is 26.0 Å². The van der Waals surface area contributed by atoms with Crippen LogP contribution in [0.15, 0.2) is 42.5 Å². The zero-order valence-corrected chi connectivity index (χ0v) is 19.0. The van der Waals surface area contributed by atoms with Crippen LogP contribution in [-0.4, -0.2) is 55.7 Å². The summed E-state index contributed by atoms with van der Waals surface area (Å²) in [7, 11) is 5.64. The van der Waals surface area contributed by atoms with Crippen LogP contribution in [0.1, 0.15) is 19.4 Å². The highest BCUT2D eigenvalue weighted by atomic mass is 32.1. The molecular formula is C23H29N3O3S. The summed E-state index contributed by atoms with van der Waals surface area (Å²) in [6.45, 7) is 4.92. The highest BCUT2D eigenvalue weighted by molar-refractivity contribution is 7.21. The number of hydrogen-bond acceptors (Lipinski definition) is 6. The molecular weight excluding hydrogens is 398 g/mol. The Balaban J connectivity index is 1.75. The van der Waals surface area contributed by atoms with E-state index in [-0.39, 0.29) is 12.5 Å². The van der Waals surface area contributed by atoms with Crippen molar-refractivity contribution in [1.29, 1.82) is 0 Å². The number of ether oxygens (including phenoxy) is 2. The molecule has 6 nitrogen and oxygen atoms in total. The van der Waals surface area contributed by atoms with Crippen LogP contribution >= 0.6 is 11.3 Å². The van der Waals surface area contributed by atoms with Crippen molar-refractivity contribution in [3.05, 3.63) is 48.0 Å². The SMILES string of the molecule is COC(C)(C)CNC(=O)COc1ccc(-c2nc3ccccc3s2)cc1CN(C)C. The van der Waals surface area contributed by atoms with Gasteiger partial charge >= 0.3 is 0 Å². The first-order valence-corrected chi connectivity index (χ1v) is 10.7. The van der Waals surface area contributed by atoms with E-state index in [9.17, 15) is 4.79 Å². The van der Waals surface area contributed by atoms with E-state index in [2.05, 4.69) is 22.3 Å². The minimum atomic E-state index is -0.412. The molecule has 0 aliphatic carbocycles. The molecule has 0 saturated heterocycles. The van der Waals surface area contributed by atoms with Crippen LogP contribution in [0.4, 0.5) is 0 Å². The molecule has 3 aromatic rings. The van der Waals surface area contributed by atoms with Gasteiger partial charge in [-0.2, -0.15) is 0 Å². The van der Waals surface area contributed by atoms with Crippen molar-refractivity contribution < 1.29 is 14.3 Å². The van der Waals surface area contributed by atoms with E-state index >= 15 is 0 Å². The van der Waals surface area contributed by atoms with Crippen molar-refractivity contribution in [3.63, 3.8) is 0 Å². The van der Waals surface area contributed by atoms with Crippen LogP contribution < -0.4 is 10.1 Å². The Hall–Kier alpha value is -2.48. The number of thiazole rings is 1. The highest BCUT2D eigenvalue weighted by Gasteiger charge is 2.18. The molecule has 0 radical (unpaired) electrons. The van der Waals surface area contributed by atoms with Crippen LogP contribution in [0.25, 0.3) is 20.8 Å². The molecule has 0 atom stereocenters. The first-order chi connectivity index (χ1) is 14.3. The predicted octanol–water partition coefficient (Wildman–Crippen LogP) is 3.94. The van der Waals surface area contributed by atoms with Gasteiger partial charge in [-0.25, -0.2) is 4.98 Å². The van der Waals surface area contributed by atoms with Gasteiger partial charge in [-0.3, -0.25) is 4.79 Å². The van der Waals surface area contributed by atoms with Crippen molar-refractivity contribution in [3.8, 4) is 16.3 Å². The summed E-state index contributed by atoms with van der Waals surface area (Å²) in [6, 6.07) is 14.1. The molecule has 0 saturated carbocycles. The normalized spacial score (nSPS) is 11.8. The molecule has 1 aromatic heterocycles. The molecule has 0 unspecified atom stereocenters. The Labute approximate surface area is 181 Å². The maximum atomic E-state index is 12.2. The minimum Gasteiger partial charge on any atom is -0.483 e. The molecule has 0 fully saturated rings. The number of fused-ring (bicyclic) bond motifs is 1. The van der Waals surface area contributed by atoms with Gasteiger partial charge in [0.1, 0.15) is 10.8 Å². The Morgan fingerprint density at radius 1 is 1.20 bits per heavy atom. The van der Waals surface area contributed by atoms with Crippen molar-refractivity contribution in [1.82, 2.24) is 15.2 Å². The molecule has 0 aliphatic rings. The van der Waals surface area contributed by atoms with Gasteiger partial charge in [0.2, 0.25) is 0 Å². The van der Waals surface area contributed by atoms with E-state index in [1.165, 1.54) is 0 Å². The number of nitrogens with one attached hydrogen (secondary N) is 1. The molecule has 1 amide bonds. The van der Waals surface area contributed by atoms with Gasteiger partial charge in [0.15, 0.2) is 6.61 Å². The number of carbonyl (C=O) groups is 1. The summed E-state index contributed by atoms with van der Waals surface area (Å²) in [6.07, 6.45) is 0. The number of amides is 1. The third-order valence-corrected chi connectivity index (χ3v) is 5.80. The lowest BCUT2D eigenvalue weighted by molar-refractivity contribution is -0.124. The summed E-state index contributed by atoms with van der Waals surface area (Å²) in [5.41, 5.74) is 2.65. The Morgan fingerprint density at radius 3 is 2.67 bits per heavy atom. The fraction of sp³-hybridized carbons (Fsp3) is 0.391. The van der Waals surface area contributed by atoms with E-state index < -0.39 is 5.60 Å². The number of para-hydroxylation sites is 1. The van der Waals surface area contributed by atoms with Gasteiger partial charge in [0.25, 0.3) is 5.91 Å². The first-order valence-electron chi connectivity index (χ1n) is 9.86. The molecule has 0 bridgehead atoms. The minimum absolute atomic E-state index is 0.0410. The van der Waals surface area contributed by atoms with Crippen molar-refractivity contribution in [2.24, 2.45) is 0 Å². The lowest BCUT2D eigenvalue weighted by Crippen LogP contribution is -2.41. The average molecular weight is 428 g/mol. The number of aromatic nitrogens is 1. The number of carbonyl (C=O) groups excluding carboxylic acids is 1. The van der Waals surface area contributed by atoms with E-state index in [0.29, 0.717) is 18.8 Å². The second kappa shape index (κ2) is 9.55. The summed E-state index contributed by atoms with van der Waals surface area (Å²) >= 11 is 1.67. The van der Waals surface area contributed by atoms with Gasteiger partial charge in [0.05, 0.1) is 15.8 Å². The Morgan fingerprint density at radius 2 is 1.97 bits per heavy atom. The summed E-state index contributed by atoms with van der Waals surface area (Å²) in [4.78, 5) is 19.0. The number of rotatable bonds is 9. The Bertz CT molecular complexity index is 981. The molecule has 1 heterocycles. The van der Waals surface area contributed by atoms with Crippen LogP contribution in [0.2, 0.25) is 0 Å². The van der Waals surface area contributed by atoms with Gasteiger partial charge in [-0.05, 0) is 58.3 Å². The van der Waals surface area contributed by atoms with Crippen LogP contribution in [0.3, 0.4) is 0 Å². The Kier molecular flexibility index (Phi) is 7.07. The van der Waals surface area contributed by atoms with Gasteiger partial charge in [-0.15, -0.1) is 11.3 Å². The second-order valence-corrected chi connectivity index (χ2v) is 9.11. The molecule has 7 heteroatoms. The molecule has 0 aliphatic heterocycles. The van der Waals surface area contributed by atoms with Gasteiger partial charge < -0.3 is 19.7 Å². The largest absolute Gasteiger partial charge is 0.483 e. The summed E-state index contributed by atoms with van der Waals surface area (Å²) < 4.78 is 12.3. The zero-order chi connectivity index (χ0) is 21.7. The van der Waals surface area contributed by atoms with E-state index in [1.54, 1.807) is 18.4 Å². The fourth-order valence-electron chi connectivity index (χ4n) is 2.89. The van der Waals surface area contributed by atoms with E-state index in [4.69, 9.17) is 14.5 Å². The standard InChI is InChI=1S/C23H29N3O3S/c1-23(2,28-5)15-24-21(27)14-29-19-11-10-16(12-17(19)13-26(3)4)22-25-18-8-6-7-9-20(18)30-22/h6-12H,13-15H2,1-5H3,(H,24,27). The maximum absolute atomic E-state index is 12.2.